The van der Waals surface area contributed by atoms with Gasteiger partial charge in [-0.3, -0.25) is 4.98 Å². The van der Waals surface area contributed by atoms with Gasteiger partial charge in [0.25, 0.3) is 0 Å². The Balaban J connectivity index is 1.55. The van der Waals surface area contributed by atoms with Crippen molar-refractivity contribution in [3.63, 3.8) is 0 Å². The fraction of sp³-hybridized carbons (Fsp3) is 0.105. The highest BCUT2D eigenvalue weighted by Crippen LogP contribution is 2.22. The van der Waals surface area contributed by atoms with Gasteiger partial charge in [0.15, 0.2) is 0 Å². The average Bonchev–Trinajstić information content (AvgIpc) is 2.68. The number of pyridine rings is 2. The minimum absolute atomic E-state index is 0.107. The zero-order chi connectivity index (χ0) is 18.2. The molecule has 2 aromatic heterocycles. The van der Waals surface area contributed by atoms with Crippen LogP contribution in [-0.2, 0) is 4.74 Å². The number of benzene rings is 1. The van der Waals surface area contributed by atoms with Crippen molar-refractivity contribution in [1.82, 2.24) is 9.97 Å². The zero-order valence-corrected chi connectivity index (χ0v) is 15.3. The first-order valence-corrected chi connectivity index (χ1v) is 8.60. The van der Waals surface area contributed by atoms with Gasteiger partial charge in [-0.25, -0.2) is 9.78 Å². The Hall–Kier alpha value is -2.93. The quantitative estimate of drug-likeness (QED) is 0.424. The summed E-state index contributed by atoms with van der Waals surface area (Å²) in [6.07, 6.45) is 4.71. The van der Waals surface area contributed by atoms with Gasteiger partial charge in [-0.05, 0) is 48.5 Å². The Morgan fingerprint density at radius 2 is 1.77 bits per heavy atom. The summed E-state index contributed by atoms with van der Waals surface area (Å²) in [6.45, 7) is 0.350. The third-order valence-electron chi connectivity index (χ3n) is 3.24. The summed E-state index contributed by atoms with van der Waals surface area (Å²) in [5, 5.41) is 0. The van der Waals surface area contributed by atoms with E-state index in [0.717, 1.165) is 4.47 Å². The summed E-state index contributed by atoms with van der Waals surface area (Å²) in [5.74, 6) is 0.820. The van der Waals surface area contributed by atoms with Crippen molar-refractivity contribution in [2.75, 3.05) is 13.2 Å². The lowest BCUT2D eigenvalue weighted by molar-refractivity contribution is 0.0447. The molecule has 0 fully saturated rings. The molecule has 0 aliphatic rings. The van der Waals surface area contributed by atoms with Gasteiger partial charge >= 0.3 is 5.97 Å². The number of aromatic nitrogens is 2. The first kappa shape index (κ1) is 17.9. The van der Waals surface area contributed by atoms with Gasteiger partial charge in [0.2, 0.25) is 5.88 Å². The van der Waals surface area contributed by atoms with E-state index in [1.54, 1.807) is 36.7 Å². The Bertz CT molecular complexity index is 857. The fourth-order valence-corrected chi connectivity index (χ4v) is 2.31. The van der Waals surface area contributed by atoms with E-state index in [0.29, 0.717) is 11.5 Å². The highest BCUT2D eigenvalue weighted by Gasteiger charge is 2.15. The van der Waals surface area contributed by atoms with Gasteiger partial charge < -0.3 is 14.2 Å². The lowest BCUT2D eigenvalue weighted by Gasteiger charge is -2.10. The van der Waals surface area contributed by atoms with E-state index in [9.17, 15) is 4.79 Å². The molecule has 0 spiro atoms. The molecule has 0 bridgehead atoms. The Kier molecular flexibility index (Phi) is 6.16. The van der Waals surface area contributed by atoms with Crippen molar-refractivity contribution < 1.29 is 19.0 Å². The first-order valence-electron chi connectivity index (χ1n) is 7.81. The molecule has 7 heteroatoms. The molecular weight excluding hydrogens is 400 g/mol. The minimum Gasteiger partial charge on any atom is -0.490 e. The molecule has 2 heterocycles. The first-order chi connectivity index (χ1) is 12.7. The highest BCUT2D eigenvalue weighted by atomic mass is 79.9. The molecule has 3 rings (SSSR count). The maximum absolute atomic E-state index is 12.3. The second-order valence-corrected chi connectivity index (χ2v) is 6.00. The SMILES string of the molecule is O=C(OCCOc1ccc(Br)cc1)c1cccnc1Oc1cccnc1. The monoisotopic (exact) mass is 414 g/mol. The molecule has 0 aliphatic heterocycles. The average molecular weight is 415 g/mol. The number of hydrogen-bond donors (Lipinski definition) is 0. The van der Waals surface area contributed by atoms with Crippen molar-refractivity contribution in [2.24, 2.45) is 0 Å². The fourth-order valence-electron chi connectivity index (χ4n) is 2.05. The lowest BCUT2D eigenvalue weighted by atomic mass is 10.3. The lowest BCUT2D eigenvalue weighted by Crippen LogP contribution is -2.13. The van der Waals surface area contributed by atoms with Crippen LogP contribution in [0.15, 0.2) is 71.6 Å². The number of hydrogen-bond acceptors (Lipinski definition) is 6. The molecule has 0 saturated heterocycles. The van der Waals surface area contributed by atoms with E-state index in [1.807, 2.05) is 24.3 Å². The second kappa shape index (κ2) is 8.96. The van der Waals surface area contributed by atoms with Crippen LogP contribution >= 0.6 is 15.9 Å². The third kappa shape index (κ3) is 5.03. The number of rotatable bonds is 7. The molecule has 1 aromatic carbocycles. The van der Waals surface area contributed by atoms with Crippen molar-refractivity contribution in [3.05, 3.63) is 77.2 Å². The predicted octanol–water partition coefficient (Wildman–Crippen LogP) is 4.27. The molecule has 6 nitrogen and oxygen atoms in total. The molecule has 0 atom stereocenters. The zero-order valence-electron chi connectivity index (χ0n) is 13.7. The van der Waals surface area contributed by atoms with Crippen LogP contribution in [0.1, 0.15) is 10.4 Å². The largest absolute Gasteiger partial charge is 0.490 e. The summed E-state index contributed by atoms with van der Waals surface area (Å²) >= 11 is 3.36. The van der Waals surface area contributed by atoms with Crippen molar-refractivity contribution in [1.29, 1.82) is 0 Å². The van der Waals surface area contributed by atoms with Crippen molar-refractivity contribution in [2.45, 2.75) is 0 Å². The van der Waals surface area contributed by atoms with Crippen LogP contribution in [0.2, 0.25) is 0 Å². The summed E-state index contributed by atoms with van der Waals surface area (Å²) in [6, 6.07) is 14.1. The van der Waals surface area contributed by atoms with Gasteiger partial charge in [-0.15, -0.1) is 0 Å². The van der Waals surface area contributed by atoms with Crippen molar-refractivity contribution >= 4 is 21.9 Å². The second-order valence-electron chi connectivity index (χ2n) is 5.09. The van der Waals surface area contributed by atoms with E-state index in [1.165, 1.54) is 6.20 Å². The molecule has 0 saturated carbocycles. The molecular formula is C19H15BrN2O4. The topological polar surface area (TPSA) is 70.5 Å². The molecule has 0 radical (unpaired) electrons. The molecule has 0 N–H and O–H groups in total. The number of esters is 1. The van der Waals surface area contributed by atoms with Crippen molar-refractivity contribution in [3.8, 4) is 17.4 Å². The number of carbonyl (C=O) groups excluding carboxylic acids is 1. The van der Waals surface area contributed by atoms with E-state index in [4.69, 9.17) is 14.2 Å². The number of halogens is 1. The van der Waals surface area contributed by atoms with Gasteiger partial charge in [0.05, 0.1) is 6.20 Å². The van der Waals surface area contributed by atoms with E-state index >= 15 is 0 Å². The molecule has 0 aliphatic carbocycles. The standard InChI is InChI=1S/C19H15BrN2O4/c20-14-5-7-15(8-6-14)24-11-12-25-19(23)17-4-2-10-22-18(17)26-16-3-1-9-21-13-16/h1-10,13H,11-12H2. The maximum Gasteiger partial charge on any atom is 0.343 e. The number of nitrogens with zero attached hydrogens (tertiary/aromatic N) is 2. The van der Waals surface area contributed by atoms with Gasteiger partial charge in [0, 0.05) is 16.9 Å². The van der Waals surface area contributed by atoms with E-state index in [-0.39, 0.29) is 24.7 Å². The summed E-state index contributed by atoms with van der Waals surface area (Å²) < 4.78 is 17.3. The number of ether oxygens (including phenoxy) is 3. The van der Waals surface area contributed by atoms with Crippen LogP contribution in [0.4, 0.5) is 0 Å². The molecule has 0 amide bonds. The smallest absolute Gasteiger partial charge is 0.343 e. The molecule has 132 valence electrons. The van der Waals surface area contributed by atoms with E-state index in [2.05, 4.69) is 25.9 Å². The highest BCUT2D eigenvalue weighted by molar-refractivity contribution is 9.10. The van der Waals surface area contributed by atoms with Gasteiger partial charge in [-0.1, -0.05) is 15.9 Å². The van der Waals surface area contributed by atoms with Crippen LogP contribution in [0, 0.1) is 0 Å². The summed E-state index contributed by atoms with van der Waals surface area (Å²) in [4.78, 5) is 20.3. The Labute approximate surface area is 158 Å². The Morgan fingerprint density at radius 3 is 2.54 bits per heavy atom. The minimum atomic E-state index is -0.531. The molecule has 0 unspecified atom stereocenters. The van der Waals surface area contributed by atoms with Crippen LogP contribution in [0.25, 0.3) is 0 Å². The maximum atomic E-state index is 12.3. The summed E-state index contributed by atoms with van der Waals surface area (Å²) in [7, 11) is 0. The molecule has 26 heavy (non-hydrogen) atoms. The van der Waals surface area contributed by atoms with Gasteiger partial charge in [-0.2, -0.15) is 0 Å². The van der Waals surface area contributed by atoms with Crippen LogP contribution in [0.3, 0.4) is 0 Å². The van der Waals surface area contributed by atoms with Gasteiger partial charge in [0.1, 0.15) is 30.3 Å². The van der Waals surface area contributed by atoms with Crippen LogP contribution < -0.4 is 9.47 Å². The van der Waals surface area contributed by atoms with E-state index < -0.39 is 5.97 Å². The van der Waals surface area contributed by atoms with Crippen LogP contribution in [0.5, 0.6) is 17.4 Å². The molecule has 3 aromatic rings. The number of carbonyl (C=O) groups is 1. The normalized spacial score (nSPS) is 10.2. The third-order valence-corrected chi connectivity index (χ3v) is 3.77. The Morgan fingerprint density at radius 1 is 0.962 bits per heavy atom. The summed E-state index contributed by atoms with van der Waals surface area (Å²) in [5.41, 5.74) is 0.236. The predicted molar refractivity (Wildman–Crippen MR) is 98.5 cm³/mol. The van der Waals surface area contributed by atoms with Crippen LogP contribution in [-0.4, -0.2) is 29.2 Å².